The second kappa shape index (κ2) is 13.6. The Bertz CT molecular complexity index is 548. The third-order valence-corrected chi connectivity index (χ3v) is 13.1. The molecule has 9 heteroatoms. The molecule has 0 N–H and O–H groups in total. The van der Waals surface area contributed by atoms with Crippen LogP contribution in [0.5, 0.6) is 0 Å². The maximum Gasteiger partial charge on any atom is 0.352 e. The largest absolute Gasteiger partial charge is 0.450 e. The maximum atomic E-state index is 13.2. The van der Waals surface area contributed by atoms with Crippen molar-refractivity contribution in [3.8, 4) is 0 Å². The maximum absolute atomic E-state index is 13.2. The molecule has 0 aromatic carbocycles. The Morgan fingerprint density at radius 2 is 1.32 bits per heavy atom. The van der Waals surface area contributed by atoms with E-state index >= 15 is 0 Å². The molecule has 0 bridgehead atoms. The Labute approximate surface area is 194 Å². The van der Waals surface area contributed by atoms with Crippen LogP contribution < -0.4 is 0 Å². The number of halogens is 1. The van der Waals surface area contributed by atoms with Crippen molar-refractivity contribution >= 4 is 37.3 Å². The SMILES string of the molecule is CC(C)[C@@H](C)C(CC(=O)O[C@H](C(=O)OP(F)P)C(C)C)O[Si](C(C)C)(C(C)C)C(C)C. The number of hydrogen-bond acceptors (Lipinski definition) is 5. The summed E-state index contributed by atoms with van der Waals surface area (Å²) in [6, 6.07) is 0. The van der Waals surface area contributed by atoms with E-state index in [4.69, 9.17) is 9.16 Å². The van der Waals surface area contributed by atoms with E-state index in [1.54, 1.807) is 13.8 Å². The molecule has 0 aliphatic rings. The molecule has 0 heterocycles. The minimum absolute atomic E-state index is 0.0576. The summed E-state index contributed by atoms with van der Waals surface area (Å²) in [6.07, 6.45) is -1.39. The van der Waals surface area contributed by atoms with Crippen LogP contribution in [0.2, 0.25) is 16.6 Å². The molecule has 0 saturated carbocycles. The standard InChI is InChI=1S/C22H45FO5P2Si/c1-13(2)18(11)19(28-31(15(5)6,16(7)8)17(9)10)12-20(24)26-21(14(3)4)22(25)27-30(23)29/h13-19,21H,12,29H2,1-11H3/t18-,19?,21+,30?/m1/s1. The lowest BCUT2D eigenvalue weighted by molar-refractivity contribution is -0.166. The summed E-state index contributed by atoms with van der Waals surface area (Å²) in [4.78, 5) is 25.1. The Morgan fingerprint density at radius 1 is 0.871 bits per heavy atom. The zero-order valence-electron chi connectivity index (χ0n) is 21.3. The number of esters is 1. The van der Waals surface area contributed by atoms with Crippen molar-refractivity contribution < 1.29 is 27.5 Å². The van der Waals surface area contributed by atoms with Crippen LogP contribution in [-0.2, 0) is 23.3 Å². The van der Waals surface area contributed by atoms with E-state index in [1.165, 1.54) is 0 Å². The third-order valence-electron chi connectivity index (χ3n) is 6.34. The summed E-state index contributed by atoms with van der Waals surface area (Å²) in [7, 11) is -2.84. The number of carbonyl (C=O) groups excluding carboxylic acids is 2. The highest BCUT2D eigenvalue weighted by Crippen LogP contribution is 2.48. The fraction of sp³-hybridized carbons (Fsp3) is 0.909. The van der Waals surface area contributed by atoms with E-state index in [0.717, 1.165) is 0 Å². The summed E-state index contributed by atoms with van der Waals surface area (Å²) in [5, 5.41) is 0. The molecule has 0 spiro atoms. The van der Waals surface area contributed by atoms with Gasteiger partial charge in [-0.05, 0) is 37.4 Å². The van der Waals surface area contributed by atoms with Crippen molar-refractivity contribution in [3.05, 3.63) is 0 Å². The Kier molecular flexibility index (Phi) is 13.5. The van der Waals surface area contributed by atoms with Crippen molar-refractivity contribution in [2.45, 2.75) is 111 Å². The van der Waals surface area contributed by atoms with Crippen LogP contribution in [0.15, 0.2) is 0 Å². The average molecular weight is 499 g/mol. The Hall–Kier alpha value is -0.0931. The van der Waals surface area contributed by atoms with Crippen molar-refractivity contribution in [1.82, 2.24) is 0 Å². The van der Waals surface area contributed by atoms with Gasteiger partial charge in [0.25, 0.3) is 8.15 Å². The summed E-state index contributed by atoms with van der Waals surface area (Å²) in [6.45, 7) is 23.1. The fourth-order valence-corrected chi connectivity index (χ4v) is 10.6. The van der Waals surface area contributed by atoms with E-state index in [-0.39, 0.29) is 24.4 Å². The first-order valence-corrected chi connectivity index (χ1v) is 16.3. The van der Waals surface area contributed by atoms with Gasteiger partial charge >= 0.3 is 11.9 Å². The quantitative estimate of drug-likeness (QED) is 0.150. The minimum Gasteiger partial charge on any atom is -0.450 e. The first-order valence-electron chi connectivity index (χ1n) is 11.4. The van der Waals surface area contributed by atoms with Gasteiger partial charge in [-0.1, -0.05) is 76.2 Å². The molecular formula is C22H45FO5P2Si. The highest BCUT2D eigenvalue weighted by Gasteiger charge is 2.48. The molecule has 0 aliphatic carbocycles. The van der Waals surface area contributed by atoms with E-state index in [9.17, 15) is 13.8 Å². The lowest BCUT2D eigenvalue weighted by Crippen LogP contribution is -2.52. The first kappa shape index (κ1) is 30.9. The van der Waals surface area contributed by atoms with Crippen molar-refractivity contribution in [2.24, 2.45) is 17.8 Å². The summed E-state index contributed by atoms with van der Waals surface area (Å²) >= 11 is 0. The monoisotopic (exact) mass is 498 g/mol. The lowest BCUT2D eigenvalue weighted by Gasteiger charge is -2.46. The molecule has 0 radical (unpaired) electrons. The molecule has 0 fully saturated rings. The Balaban J connectivity index is 5.76. The second-order valence-electron chi connectivity index (χ2n) is 10.1. The zero-order chi connectivity index (χ0) is 24.7. The smallest absolute Gasteiger partial charge is 0.352 e. The lowest BCUT2D eigenvalue weighted by atomic mass is 9.90. The predicted octanol–water partition coefficient (Wildman–Crippen LogP) is 7.41. The van der Waals surface area contributed by atoms with E-state index in [0.29, 0.717) is 22.5 Å². The van der Waals surface area contributed by atoms with Gasteiger partial charge in [-0.25, -0.2) is 4.79 Å². The van der Waals surface area contributed by atoms with Gasteiger partial charge in [0.05, 0.1) is 12.5 Å². The van der Waals surface area contributed by atoms with Gasteiger partial charge in [0.15, 0.2) is 0 Å². The number of carbonyl (C=O) groups is 2. The normalized spacial score (nSPS) is 16.7. The molecule has 0 aromatic heterocycles. The number of ether oxygens (including phenoxy) is 1. The molecule has 3 unspecified atom stereocenters. The Morgan fingerprint density at radius 3 is 1.65 bits per heavy atom. The molecule has 5 atom stereocenters. The first-order chi connectivity index (χ1) is 14.1. The van der Waals surface area contributed by atoms with Crippen LogP contribution in [0, 0.1) is 17.8 Å². The van der Waals surface area contributed by atoms with Crippen LogP contribution in [-0.4, -0.2) is 32.5 Å². The van der Waals surface area contributed by atoms with Crippen LogP contribution >= 0.6 is 17.1 Å². The molecular weight excluding hydrogens is 453 g/mol. The summed E-state index contributed by atoms with van der Waals surface area (Å²) < 4.78 is 30.3. The summed E-state index contributed by atoms with van der Waals surface area (Å²) in [5.74, 6) is -1.25. The van der Waals surface area contributed by atoms with Crippen molar-refractivity contribution in [2.75, 3.05) is 0 Å². The number of hydrogen-bond donors (Lipinski definition) is 0. The highest BCUT2D eigenvalue weighted by atomic mass is 32.0. The molecule has 0 aromatic rings. The van der Waals surface area contributed by atoms with E-state index in [2.05, 4.69) is 66.8 Å². The highest BCUT2D eigenvalue weighted by molar-refractivity contribution is 8.08. The van der Waals surface area contributed by atoms with Crippen LogP contribution in [0.3, 0.4) is 0 Å². The van der Waals surface area contributed by atoms with Gasteiger partial charge in [0.2, 0.25) is 14.4 Å². The number of rotatable bonds is 13. The molecule has 0 aliphatic heterocycles. The molecule has 0 saturated heterocycles. The van der Waals surface area contributed by atoms with E-state index in [1.807, 2.05) is 8.93 Å². The van der Waals surface area contributed by atoms with Crippen molar-refractivity contribution in [3.63, 3.8) is 0 Å². The predicted molar refractivity (Wildman–Crippen MR) is 133 cm³/mol. The van der Waals surface area contributed by atoms with Crippen molar-refractivity contribution in [1.29, 1.82) is 0 Å². The van der Waals surface area contributed by atoms with Gasteiger partial charge < -0.3 is 13.7 Å². The molecule has 184 valence electrons. The molecule has 0 amide bonds. The minimum atomic E-state index is -2.44. The fourth-order valence-electron chi connectivity index (χ4n) is 4.38. The van der Waals surface area contributed by atoms with Gasteiger partial charge in [0, 0.05) is 5.92 Å². The van der Waals surface area contributed by atoms with E-state index < -0.39 is 34.5 Å². The molecule has 5 nitrogen and oxygen atoms in total. The van der Waals surface area contributed by atoms with Gasteiger partial charge in [-0.2, -0.15) is 4.20 Å². The van der Waals surface area contributed by atoms with Gasteiger partial charge in [0.1, 0.15) is 0 Å². The van der Waals surface area contributed by atoms with Crippen LogP contribution in [0.25, 0.3) is 0 Å². The topological polar surface area (TPSA) is 61.8 Å². The second-order valence-corrected chi connectivity index (χ2v) is 17.5. The summed E-state index contributed by atoms with van der Waals surface area (Å²) in [5.41, 5.74) is 1.15. The average Bonchev–Trinajstić information content (AvgIpc) is 2.60. The molecule has 31 heavy (non-hydrogen) atoms. The van der Waals surface area contributed by atoms with Crippen LogP contribution in [0.1, 0.15) is 82.6 Å². The zero-order valence-corrected chi connectivity index (χ0v) is 24.3. The van der Waals surface area contributed by atoms with Gasteiger partial charge in [-0.3, -0.25) is 4.79 Å². The third kappa shape index (κ3) is 8.99. The van der Waals surface area contributed by atoms with Crippen LogP contribution in [0.4, 0.5) is 4.20 Å². The molecule has 0 rings (SSSR count). The van der Waals surface area contributed by atoms with Gasteiger partial charge in [-0.15, -0.1) is 0 Å².